The predicted molar refractivity (Wildman–Crippen MR) is 84.1 cm³/mol. The number of hydrogen-bond donors (Lipinski definition) is 0. The summed E-state index contributed by atoms with van der Waals surface area (Å²) in [6, 6.07) is 0. The molecule has 0 radical (unpaired) electrons. The monoisotopic (exact) mass is 307 g/mol. The van der Waals surface area contributed by atoms with Crippen molar-refractivity contribution in [1.82, 2.24) is 9.80 Å². The largest absolute Gasteiger partial charge is 0.458 e. The van der Waals surface area contributed by atoms with Crippen LogP contribution in [-0.2, 0) is 13.6 Å². The van der Waals surface area contributed by atoms with E-state index in [9.17, 15) is 4.57 Å². The molecule has 0 amide bonds. The molecule has 0 N–H and O–H groups in total. The van der Waals surface area contributed by atoms with E-state index in [1.54, 1.807) is 9.80 Å². The lowest BCUT2D eigenvalue weighted by Gasteiger charge is -2.31. The van der Waals surface area contributed by atoms with Crippen LogP contribution in [0.1, 0.15) is 41.5 Å². The third-order valence-electron chi connectivity index (χ3n) is 1.79. The molecule has 0 aromatic rings. The lowest BCUT2D eigenvalue weighted by Crippen LogP contribution is -2.36. The van der Waals surface area contributed by atoms with Gasteiger partial charge in [0.1, 0.15) is 0 Å². The third kappa shape index (κ3) is 7.88. The Balaban J connectivity index is 5.64. The molecule has 20 heavy (non-hydrogen) atoms. The van der Waals surface area contributed by atoms with Crippen LogP contribution in [0.5, 0.6) is 0 Å². The van der Waals surface area contributed by atoms with Gasteiger partial charge in [-0.2, -0.15) is 0 Å². The Labute approximate surface area is 123 Å². The summed E-state index contributed by atoms with van der Waals surface area (Å²) in [6.45, 7) is 11.0. The van der Waals surface area contributed by atoms with Crippen molar-refractivity contribution in [3.05, 3.63) is 0 Å². The minimum absolute atomic E-state index is 0.529. The molecule has 0 saturated carbocycles. The van der Waals surface area contributed by atoms with Crippen LogP contribution in [0.15, 0.2) is 4.76 Å². The normalized spacial score (nSPS) is 13.1. The fourth-order valence-electron chi connectivity index (χ4n) is 1.44. The van der Waals surface area contributed by atoms with Crippen LogP contribution in [-0.4, -0.2) is 55.2 Å². The first-order chi connectivity index (χ1) is 8.65. The van der Waals surface area contributed by atoms with Gasteiger partial charge in [0.05, 0.1) is 11.2 Å². The zero-order chi connectivity index (χ0) is 16.4. The van der Waals surface area contributed by atoms with Crippen LogP contribution in [0.3, 0.4) is 0 Å². The molecular formula is C13H30N3O3P. The third-order valence-corrected chi connectivity index (χ3v) is 3.77. The highest BCUT2D eigenvalue weighted by molar-refractivity contribution is 7.52. The molecule has 0 spiro atoms. The van der Waals surface area contributed by atoms with Gasteiger partial charge in [0.2, 0.25) is 5.96 Å². The molecule has 0 rings (SSSR count). The molecule has 6 nitrogen and oxygen atoms in total. The average Bonchev–Trinajstić information content (AvgIpc) is 2.06. The first kappa shape index (κ1) is 19.4. The lowest BCUT2D eigenvalue weighted by molar-refractivity contribution is 0.0493. The summed E-state index contributed by atoms with van der Waals surface area (Å²) in [5.74, 6) is 0.529. The zero-order valence-electron chi connectivity index (χ0n) is 14.5. The van der Waals surface area contributed by atoms with Crippen LogP contribution >= 0.6 is 7.75 Å². The van der Waals surface area contributed by atoms with Gasteiger partial charge in [-0.25, -0.2) is 4.57 Å². The van der Waals surface area contributed by atoms with Crippen LogP contribution in [0.4, 0.5) is 0 Å². The first-order valence-electron chi connectivity index (χ1n) is 6.62. The average molecular weight is 307 g/mol. The lowest BCUT2D eigenvalue weighted by atomic mass is 10.2. The van der Waals surface area contributed by atoms with Crippen LogP contribution in [0.2, 0.25) is 0 Å². The Morgan fingerprint density at radius 2 is 1.15 bits per heavy atom. The summed E-state index contributed by atoms with van der Waals surface area (Å²) in [5, 5.41) is 0. The van der Waals surface area contributed by atoms with E-state index in [-0.39, 0.29) is 0 Å². The van der Waals surface area contributed by atoms with Crippen molar-refractivity contribution in [1.29, 1.82) is 0 Å². The molecule has 0 unspecified atom stereocenters. The van der Waals surface area contributed by atoms with Crippen LogP contribution in [0, 0.1) is 0 Å². The summed E-state index contributed by atoms with van der Waals surface area (Å²) < 4.78 is 28.5. The summed E-state index contributed by atoms with van der Waals surface area (Å²) in [6.07, 6.45) is 0. The van der Waals surface area contributed by atoms with Crippen molar-refractivity contribution < 1.29 is 13.6 Å². The van der Waals surface area contributed by atoms with Gasteiger partial charge in [-0.05, 0) is 41.5 Å². The van der Waals surface area contributed by atoms with Gasteiger partial charge in [-0.15, -0.1) is 4.76 Å². The van der Waals surface area contributed by atoms with Crippen molar-refractivity contribution in [2.45, 2.75) is 52.7 Å². The second-order valence-electron chi connectivity index (χ2n) is 7.06. The van der Waals surface area contributed by atoms with Crippen molar-refractivity contribution >= 4 is 13.7 Å². The van der Waals surface area contributed by atoms with Crippen molar-refractivity contribution in [2.75, 3.05) is 28.2 Å². The second-order valence-corrected chi connectivity index (χ2v) is 8.57. The molecule has 0 aliphatic carbocycles. The Hall–Kier alpha value is -0.580. The molecule has 0 bridgehead atoms. The fourth-order valence-corrected chi connectivity index (χ4v) is 3.52. The van der Waals surface area contributed by atoms with Crippen molar-refractivity contribution in [2.24, 2.45) is 4.76 Å². The van der Waals surface area contributed by atoms with Crippen molar-refractivity contribution in [3.8, 4) is 0 Å². The highest BCUT2D eigenvalue weighted by Gasteiger charge is 2.36. The van der Waals surface area contributed by atoms with E-state index in [0.29, 0.717) is 5.96 Å². The molecule has 0 atom stereocenters. The molecule has 0 heterocycles. The molecule has 0 aromatic heterocycles. The Morgan fingerprint density at radius 3 is 1.35 bits per heavy atom. The number of rotatable bonds is 3. The van der Waals surface area contributed by atoms with E-state index in [1.807, 2.05) is 69.7 Å². The number of nitrogens with zero attached hydrogens (tertiary/aromatic N) is 3. The maximum absolute atomic E-state index is 13.0. The van der Waals surface area contributed by atoms with Crippen molar-refractivity contribution in [3.63, 3.8) is 0 Å². The molecule has 120 valence electrons. The zero-order valence-corrected chi connectivity index (χ0v) is 15.4. The summed E-state index contributed by atoms with van der Waals surface area (Å²) in [4.78, 5) is 3.54. The number of hydrogen-bond acceptors (Lipinski definition) is 3. The summed E-state index contributed by atoms with van der Waals surface area (Å²) in [5.41, 5.74) is -1.23. The Morgan fingerprint density at radius 1 is 0.850 bits per heavy atom. The van der Waals surface area contributed by atoms with Gasteiger partial charge in [-0.3, -0.25) is 9.05 Å². The van der Waals surface area contributed by atoms with E-state index in [0.717, 1.165) is 0 Å². The van der Waals surface area contributed by atoms with Gasteiger partial charge in [-0.1, -0.05) is 0 Å². The Bertz CT molecular complexity index is 363. The van der Waals surface area contributed by atoms with Gasteiger partial charge < -0.3 is 9.80 Å². The standard InChI is InChI=1S/C13H30N3O3P/c1-12(2,3)18-20(17,19-13(4,5)6)14-11(15(7)8)16(9)10/h1-10H3. The fraction of sp³-hybridized carbons (Fsp3) is 0.923. The van der Waals surface area contributed by atoms with E-state index >= 15 is 0 Å². The summed E-state index contributed by atoms with van der Waals surface area (Å²) in [7, 11) is 3.70. The van der Waals surface area contributed by atoms with Gasteiger partial charge in [0.25, 0.3) is 0 Å². The Kier molecular flexibility index (Phi) is 6.27. The highest BCUT2D eigenvalue weighted by atomic mass is 31.2. The minimum Gasteiger partial charge on any atom is -0.349 e. The SMILES string of the molecule is CN(C)C(=NP(=O)(OC(C)(C)C)OC(C)(C)C)N(C)C. The van der Waals surface area contributed by atoms with Gasteiger partial charge in [0, 0.05) is 28.2 Å². The number of guanidine groups is 1. The smallest absolute Gasteiger partial charge is 0.349 e. The second kappa shape index (κ2) is 6.46. The van der Waals surface area contributed by atoms with E-state index in [2.05, 4.69) is 4.76 Å². The molecule has 7 heteroatoms. The summed E-state index contributed by atoms with van der Waals surface area (Å²) >= 11 is 0. The molecule has 0 saturated heterocycles. The molecule has 0 aliphatic rings. The van der Waals surface area contributed by atoms with Crippen LogP contribution in [0.25, 0.3) is 0 Å². The maximum atomic E-state index is 13.0. The van der Waals surface area contributed by atoms with E-state index < -0.39 is 18.9 Å². The topological polar surface area (TPSA) is 54.4 Å². The highest BCUT2D eigenvalue weighted by Crippen LogP contribution is 2.56. The molecular weight excluding hydrogens is 277 g/mol. The first-order valence-corrected chi connectivity index (χ1v) is 8.11. The predicted octanol–water partition coefficient (Wildman–Crippen LogP) is 3.20. The molecule has 0 aliphatic heterocycles. The van der Waals surface area contributed by atoms with E-state index in [1.165, 1.54) is 0 Å². The minimum atomic E-state index is -3.62. The quantitative estimate of drug-likeness (QED) is 0.455. The molecule has 0 aromatic carbocycles. The molecule has 0 fully saturated rings. The van der Waals surface area contributed by atoms with Gasteiger partial charge in [0.15, 0.2) is 0 Å². The van der Waals surface area contributed by atoms with Crippen LogP contribution < -0.4 is 0 Å². The van der Waals surface area contributed by atoms with Gasteiger partial charge >= 0.3 is 7.75 Å². The maximum Gasteiger partial charge on any atom is 0.458 e. The van der Waals surface area contributed by atoms with E-state index in [4.69, 9.17) is 9.05 Å².